The maximum absolute atomic E-state index is 13.1. The van der Waals surface area contributed by atoms with Crippen LogP contribution in [0, 0.1) is 11.7 Å². The summed E-state index contributed by atoms with van der Waals surface area (Å²) in [7, 11) is -3.80. The average molecular weight is 493 g/mol. The molecule has 0 spiro atoms. The summed E-state index contributed by atoms with van der Waals surface area (Å²) in [4.78, 5) is 20.6. The lowest BCUT2D eigenvalue weighted by Crippen LogP contribution is -2.47. The van der Waals surface area contributed by atoms with Crippen molar-refractivity contribution in [3.63, 3.8) is 0 Å². The van der Waals surface area contributed by atoms with Crippen LogP contribution < -0.4 is 5.32 Å². The van der Waals surface area contributed by atoms with Gasteiger partial charge < -0.3 is 5.32 Å². The van der Waals surface area contributed by atoms with Crippen molar-refractivity contribution in [2.45, 2.75) is 35.7 Å². The molecule has 0 bridgehead atoms. The number of amides is 1. The second-order valence-electron chi connectivity index (χ2n) is 7.91. The first-order valence-corrected chi connectivity index (χ1v) is 11.9. The molecule has 0 radical (unpaired) electrons. The Morgan fingerprint density at radius 2 is 1.76 bits per heavy atom. The van der Waals surface area contributed by atoms with E-state index < -0.39 is 44.5 Å². The van der Waals surface area contributed by atoms with E-state index in [1.807, 2.05) is 0 Å². The van der Waals surface area contributed by atoms with Crippen molar-refractivity contribution in [2.75, 3.05) is 0 Å². The number of alkyl halides is 3. The van der Waals surface area contributed by atoms with Gasteiger partial charge >= 0.3 is 6.18 Å². The minimum Gasteiger partial charge on any atom is -0.350 e. The predicted octanol–water partition coefficient (Wildman–Crippen LogP) is 4.17. The highest BCUT2D eigenvalue weighted by Gasteiger charge is 2.45. The molecule has 1 heterocycles. The summed E-state index contributed by atoms with van der Waals surface area (Å²) in [6, 6.07) is 10.6. The Morgan fingerprint density at radius 3 is 2.41 bits per heavy atom. The Labute approximate surface area is 193 Å². The van der Waals surface area contributed by atoms with Gasteiger partial charge in [-0.3, -0.25) is 4.79 Å². The molecule has 34 heavy (non-hydrogen) atoms. The fourth-order valence-electron chi connectivity index (χ4n) is 3.76. The van der Waals surface area contributed by atoms with Gasteiger partial charge in [-0.05, 0) is 55.3 Å². The van der Waals surface area contributed by atoms with Crippen LogP contribution in [0.15, 0.2) is 65.8 Å². The molecule has 6 nitrogen and oxygen atoms in total. The first kappa shape index (κ1) is 23.8. The van der Waals surface area contributed by atoms with Gasteiger partial charge in [0, 0.05) is 5.56 Å². The lowest BCUT2D eigenvalue weighted by Gasteiger charge is -2.34. The fraction of sp³-hybridized carbons (Fsp3) is 0.261. The smallest absolute Gasteiger partial charge is 0.350 e. The molecule has 3 aromatic rings. The zero-order chi connectivity index (χ0) is 24.5. The van der Waals surface area contributed by atoms with E-state index in [2.05, 4.69) is 15.3 Å². The normalized spacial score (nSPS) is 18.2. The lowest BCUT2D eigenvalue weighted by molar-refractivity contribution is -0.137. The van der Waals surface area contributed by atoms with Gasteiger partial charge in [-0.15, -0.1) is 0 Å². The van der Waals surface area contributed by atoms with Crippen molar-refractivity contribution < 1.29 is 30.8 Å². The molecule has 1 aliphatic rings. The van der Waals surface area contributed by atoms with Crippen molar-refractivity contribution in [2.24, 2.45) is 5.92 Å². The van der Waals surface area contributed by atoms with Gasteiger partial charge in [-0.25, -0.2) is 22.8 Å². The molecule has 0 aliphatic heterocycles. The number of rotatable bonds is 6. The fourth-order valence-corrected chi connectivity index (χ4v) is 5.76. The van der Waals surface area contributed by atoms with Gasteiger partial charge in [-0.1, -0.05) is 12.1 Å². The highest BCUT2D eigenvalue weighted by Crippen LogP contribution is 2.37. The molecule has 0 unspecified atom stereocenters. The number of halogens is 4. The molecule has 2 aromatic carbocycles. The van der Waals surface area contributed by atoms with E-state index >= 15 is 0 Å². The first-order valence-electron chi connectivity index (χ1n) is 10.3. The van der Waals surface area contributed by atoms with E-state index in [4.69, 9.17) is 0 Å². The number of hydrogen-bond donors (Lipinski definition) is 1. The van der Waals surface area contributed by atoms with Crippen LogP contribution in [0.5, 0.6) is 0 Å². The van der Waals surface area contributed by atoms with Gasteiger partial charge in [0.15, 0.2) is 9.84 Å². The van der Waals surface area contributed by atoms with Gasteiger partial charge in [0.1, 0.15) is 12.1 Å². The first-order chi connectivity index (χ1) is 16.1. The van der Waals surface area contributed by atoms with E-state index in [1.165, 1.54) is 36.7 Å². The molecule has 11 heteroatoms. The number of aromatic nitrogens is 2. The third-order valence-electron chi connectivity index (χ3n) is 5.74. The third-order valence-corrected chi connectivity index (χ3v) is 8.03. The molecule has 1 N–H and O–H groups in total. The quantitative estimate of drug-likeness (QED) is 0.411. The zero-order valence-electron chi connectivity index (χ0n) is 17.6. The van der Waals surface area contributed by atoms with Gasteiger partial charge in [0.05, 0.1) is 39.6 Å². The highest BCUT2D eigenvalue weighted by molar-refractivity contribution is 7.92. The number of hydrogen-bond acceptors (Lipinski definition) is 5. The summed E-state index contributed by atoms with van der Waals surface area (Å²) in [6.45, 7) is -0.0485. The van der Waals surface area contributed by atoms with E-state index in [0.29, 0.717) is 18.5 Å². The van der Waals surface area contributed by atoms with E-state index in [9.17, 15) is 30.8 Å². The highest BCUT2D eigenvalue weighted by atomic mass is 32.2. The molecule has 1 aromatic heterocycles. The Hall–Kier alpha value is -3.34. The van der Waals surface area contributed by atoms with Gasteiger partial charge in [0.25, 0.3) is 0 Å². The van der Waals surface area contributed by atoms with E-state index in [1.54, 1.807) is 0 Å². The summed E-state index contributed by atoms with van der Waals surface area (Å²) in [5, 5.41) is 1.73. The summed E-state index contributed by atoms with van der Waals surface area (Å²) < 4.78 is 77.7. The molecular weight excluding hydrogens is 474 g/mol. The summed E-state index contributed by atoms with van der Waals surface area (Å²) in [5.74, 6) is -1.79. The molecule has 178 valence electrons. The number of carbonyl (C=O) groups excluding carboxylic acids is 1. The average Bonchev–Trinajstić information content (AvgIpc) is 2.77. The minimum atomic E-state index is -4.49. The van der Waals surface area contributed by atoms with Crippen LogP contribution in [0.2, 0.25) is 0 Å². The van der Waals surface area contributed by atoms with Crippen molar-refractivity contribution in [3.8, 4) is 11.3 Å². The Balaban J connectivity index is 1.43. The second-order valence-corrected chi connectivity index (χ2v) is 10.1. The molecule has 2 atom stereocenters. The predicted molar refractivity (Wildman–Crippen MR) is 114 cm³/mol. The standard InChI is InChI=1S/C23H19F4N3O3S/c24-16-4-6-18(7-5-16)34(32,33)21-9-8-19(21)22(31)28-12-17-11-20(30-13-29-17)14-2-1-3-15(10-14)23(25,26)27/h1-7,10-11,13,19,21H,8-9,12H2,(H,28,31)/t19-,21+/m1/s1. The third kappa shape index (κ3) is 4.93. The maximum atomic E-state index is 13.1. The molecule has 1 fully saturated rings. The van der Waals surface area contributed by atoms with Crippen molar-refractivity contribution in [1.29, 1.82) is 0 Å². The number of sulfone groups is 1. The Kier molecular flexibility index (Phi) is 6.39. The molecule has 4 rings (SSSR count). The topological polar surface area (TPSA) is 89.0 Å². The van der Waals surface area contributed by atoms with Gasteiger partial charge in [0.2, 0.25) is 5.91 Å². The lowest BCUT2D eigenvalue weighted by atomic mass is 9.84. The number of benzene rings is 2. The minimum absolute atomic E-state index is 0.0436. The molecular formula is C23H19F4N3O3S. The Bertz CT molecular complexity index is 1310. The molecule has 1 amide bonds. The van der Waals surface area contributed by atoms with Crippen LogP contribution in [-0.2, 0) is 27.4 Å². The van der Waals surface area contributed by atoms with Crippen LogP contribution >= 0.6 is 0 Å². The summed E-state index contributed by atoms with van der Waals surface area (Å²) >= 11 is 0. The van der Waals surface area contributed by atoms with Crippen LogP contribution in [0.25, 0.3) is 11.3 Å². The second kappa shape index (κ2) is 9.13. The maximum Gasteiger partial charge on any atom is 0.416 e. The van der Waals surface area contributed by atoms with E-state index in [-0.39, 0.29) is 22.7 Å². The van der Waals surface area contributed by atoms with Crippen LogP contribution in [0.3, 0.4) is 0 Å². The summed E-state index contributed by atoms with van der Waals surface area (Å²) in [6.07, 6.45) is -2.61. The van der Waals surface area contributed by atoms with Gasteiger partial charge in [-0.2, -0.15) is 13.2 Å². The van der Waals surface area contributed by atoms with Crippen molar-refractivity contribution >= 4 is 15.7 Å². The zero-order valence-corrected chi connectivity index (χ0v) is 18.4. The van der Waals surface area contributed by atoms with Crippen LogP contribution in [-0.4, -0.2) is 29.5 Å². The van der Waals surface area contributed by atoms with E-state index in [0.717, 1.165) is 24.3 Å². The molecule has 1 saturated carbocycles. The summed E-state index contributed by atoms with van der Waals surface area (Å²) in [5.41, 5.74) is 0.0462. The molecule has 0 saturated heterocycles. The Morgan fingerprint density at radius 1 is 1.03 bits per heavy atom. The largest absolute Gasteiger partial charge is 0.416 e. The van der Waals surface area contributed by atoms with Crippen LogP contribution in [0.1, 0.15) is 24.1 Å². The van der Waals surface area contributed by atoms with Crippen LogP contribution in [0.4, 0.5) is 17.6 Å². The van der Waals surface area contributed by atoms with Crippen molar-refractivity contribution in [1.82, 2.24) is 15.3 Å². The number of carbonyl (C=O) groups is 1. The monoisotopic (exact) mass is 493 g/mol. The SMILES string of the molecule is O=C(NCc1cc(-c2cccc(C(F)(F)F)c2)ncn1)[C@@H]1CC[C@@H]1S(=O)(=O)c1ccc(F)cc1. The number of nitrogens with one attached hydrogen (secondary N) is 1. The number of nitrogens with zero attached hydrogens (tertiary/aromatic N) is 2. The van der Waals surface area contributed by atoms with Crippen molar-refractivity contribution in [3.05, 3.63) is 78.0 Å². The molecule has 1 aliphatic carbocycles.